The summed E-state index contributed by atoms with van der Waals surface area (Å²) >= 11 is 1.57. The second-order valence-corrected chi connectivity index (χ2v) is 9.99. The lowest BCUT2D eigenvalue weighted by Crippen LogP contribution is -2.50. The number of ketones is 1. The summed E-state index contributed by atoms with van der Waals surface area (Å²) in [5.41, 5.74) is 2.49. The minimum absolute atomic E-state index is 0.242. The summed E-state index contributed by atoms with van der Waals surface area (Å²) in [6.45, 7) is 7.44. The van der Waals surface area contributed by atoms with Gasteiger partial charge in [-0.1, -0.05) is 49.3 Å². The van der Waals surface area contributed by atoms with Crippen molar-refractivity contribution in [2.24, 2.45) is 5.92 Å². The molecule has 1 fully saturated rings. The van der Waals surface area contributed by atoms with E-state index in [0.717, 1.165) is 55.3 Å². The Kier molecular flexibility index (Phi) is 7.08. The molecular weight excluding hydrogens is 404 g/mol. The van der Waals surface area contributed by atoms with Crippen LogP contribution < -0.4 is 4.90 Å². The number of aromatic amines is 1. The number of aromatic nitrogens is 2. The number of nitrogens with one attached hydrogen (secondary N) is 1. The second kappa shape index (κ2) is 9.96. The highest BCUT2D eigenvalue weighted by molar-refractivity contribution is 7.17. The second-order valence-electron chi connectivity index (χ2n) is 8.98. The molecule has 0 bridgehead atoms. The number of H-pyrrole nitrogens is 1. The van der Waals surface area contributed by atoms with Crippen LogP contribution in [-0.2, 0) is 6.42 Å². The fourth-order valence-electron chi connectivity index (χ4n) is 4.51. The molecule has 5 nitrogen and oxygen atoms in total. The number of hydrogen-bond donors (Lipinski definition) is 1. The van der Waals surface area contributed by atoms with Crippen molar-refractivity contribution in [1.29, 1.82) is 0 Å². The number of anilines is 1. The predicted molar refractivity (Wildman–Crippen MR) is 130 cm³/mol. The summed E-state index contributed by atoms with van der Waals surface area (Å²) in [5, 5.41) is 2.27. The number of thiazole rings is 1. The lowest BCUT2D eigenvalue weighted by Gasteiger charge is -2.37. The summed E-state index contributed by atoms with van der Waals surface area (Å²) in [7, 11) is 2.17. The van der Waals surface area contributed by atoms with E-state index >= 15 is 0 Å². The lowest BCUT2D eigenvalue weighted by molar-refractivity contribution is 0.0962. The number of likely N-dealkylation sites (N-methyl/N-ethyl adjacent to an activating group) is 1. The molecule has 3 aromatic rings. The molecule has 1 N–H and O–H groups in total. The van der Waals surface area contributed by atoms with Gasteiger partial charge in [-0.2, -0.15) is 0 Å². The van der Waals surface area contributed by atoms with Gasteiger partial charge in [0.1, 0.15) is 0 Å². The minimum Gasteiger partial charge on any atom is -0.361 e. The van der Waals surface area contributed by atoms with E-state index in [0.29, 0.717) is 18.4 Å². The van der Waals surface area contributed by atoms with Gasteiger partial charge in [0.25, 0.3) is 0 Å². The normalized spacial score (nSPS) is 18.5. The molecule has 4 rings (SSSR count). The van der Waals surface area contributed by atoms with Crippen LogP contribution in [-0.4, -0.2) is 53.4 Å². The summed E-state index contributed by atoms with van der Waals surface area (Å²) in [4.78, 5) is 26.7. The molecule has 0 radical (unpaired) electrons. The van der Waals surface area contributed by atoms with E-state index in [9.17, 15) is 4.79 Å². The number of rotatable bonds is 9. The largest absolute Gasteiger partial charge is 0.361 e. The van der Waals surface area contributed by atoms with Crippen LogP contribution in [0.5, 0.6) is 0 Å². The van der Waals surface area contributed by atoms with Crippen LogP contribution in [0.3, 0.4) is 0 Å². The number of Topliss-reactive ketones (excluding diaryl/α,β-unsaturated/α-hetero) is 1. The van der Waals surface area contributed by atoms with Crippen LogP contribution in [0.25, 0.3) is 10.9 Å². The first-order chi connectivity index (χ1) is 15.0. The first kappa shape index (κ1) is 22.0. The third kappa shape index (κ3) is 5.18. The number of para-hydroxylation sites is 1. The number of carbonyl (C=O) groups is 1. The molecule has 0 saturated carbocycles. The zero-order chi connectivity index (χ0) is 21.8. The summed E-state index contributed by atoms with van der Waals surface area (Å²) in [5.74, 6) is 0.604. The third-order valence-corrected chi connectivity index (χ3v) is 7.72. The van der Waals surface area contributed by atoms with Gasteiger partial charge >= 0.3 is 0 Å². The van der Waals surface area contributed by atoms with Crippen molar-refractivity contribution in [2.75, 3.05) is 31.6 Å². The number of carbonyl (C=O) groups excluding carboxylic acids is 1. The van der Waals surface area contributed by atoms with Crippen LogP contribution in [0.1, 0.15) is 54.8 Å². The van der Waals surface area contributed by atoms with E-state index in [4.69, 9.17) is 0 Å². The van der Waals surface area contributed by atoms with Crippen molar-refractivity contribution in [3.8, 4) is 0 Å². The van der Waals surface area contributed by atoms with Crippen molar-refractivity contribution in [2.45, 2.75) is 52.0 Å². The Hall–Kier alpha value is -2.18. The van der Waals surface area contributed by atoms with Gasteiger partial charge < -0.3 is 14.8 Å². The average Bonchev–Trinajstić information content (AvgIpc) is 3.42. The molecule has 2 atom stereocenters. The molecule has 6 heteroatoms. The van der Waals surface area contributed by atoms with Gasteiger partial charge in [-0.05, 0) is 44.4 Å². The standard InChI is InChI=1S/C25H34N4OS/c1-4-5-8-19(13-20-15-26-22-10-7-6-9-21(20)22)14-23(30)24-16-27-25(31-24)29-12-11-28(3)18(2)17-29/h6-7,9-10,15-16,18-19,26H,4-5,8,11-14,17H2,1-3H3. The van der Waals surface area contributed by atoms with Crippen molar-refractivity contribution in [3.63, 3.8) is 0 Å². The SMILES string of the molecule is CCCCC(CC(=O)c1cnc(N2CCN(C)C(C)C2)s1)Cc1c[nH]c2ccccc12. The maximum absolute atomic E-state index is 13.2. The van der Waals surface area contributed by atoms with Gasteiger partial charge in [0.2, 0.25) is 0 Å². The predicted octanol–water partition coefficient (Wildman–Crippen LogP) is 5.39. The zero-order valence-electron chi connectivity index (χ0n) is 18.9. The monoisotopic (exact) mass is 438 g/mol. The van der Waals surface area contributed by atoms with Crippen molar-refractivity contribution < 1.29 is 4.79 Å². The Morgan fingerprint density at radius 2 is 2.16 bits per heavy atom. The van der Waals surface area contributed by atoms with E-state index in [2.05, 4.69) is 71.1 Å². The van der Waals surface area contributed by atoms with E-state index < -0.39 is 0 Å². The molecular formula is C25H34N4OS. The molecule has 0 aliphatic carbocycles. The number of hydrogen-bond acceptors (Lipinski definition) is 5. The lowest BCUT2D eigenvalue weighted by atomic mass is 9.89. The first-order valence-electron chi connectivity index (χ1n) is 11.5. The number of unbranched alkanes of at least 4 members (excludes halogenated alkanes) is 1. The molecule has 2 unspecified atom stereocenters. The van der Waals surface area contributed by atoms with Crippen LogP contribution >= 0.6 is 11.3 Å². The summed E-state index contributed by atoms with van der Waals surface area (Å²) in [6, 6.07) is 8.94. The fourth-order valence-corrected chi connectivity index (χ4v) is 5.41. The Balaban J connectivity index is 1.43. The van der Waals surface area contributed by atoms with Gasteiger partial charge in [-0.15, -0.1) is 0 Å². The smallest absolute Gasteiger partial charge is 0.186 e. The molecule has 1 aromatic carbocycles. The van der Waals surface area contributed by atoms with Crippen LogP contribution in [0.15, 0.2) is 36.7 Å². The Morgan fingerprint density at radius 1 is 1.32 bits per heavy atom. The Morgan fingerprint density at radius 3 is 2.97 bits per heavy atom. The Bertz CT molecular complexity index is 1010. The molecule has 0 spiro atoms. The van der Waals surface area contributed by atoms with Crippen molar-refractivity contribution in [1.82, 2.24) is 14.9 Å². The third-order valence-electron chi connectivity index (χ3n) is 6.62. The van der Waals surface area contributed by atoms with Gasteiger partial charge in [-0.3, -0.25) is 4.79 Å². The number of nitrogens with zero attached hydrogens (tertiary/aromatic N) is 3. The van der Waals surface area contributed by atoms with E-state index in [1.165, 1.54) is 16.5 Å². The van der Waals surface area contributed by atoms with Gasteiger partial charge in [0.15, 0.2) is 10.9 Å². The van der Waals surface area contributed by atoms with E-state index in [-0.39, 0.29) is 5.78 Å². The molecule has 166 valence electrons. The maximum atomic E-state index is 13.2. The molecule has 1 aliphatic rings. The van der Waals surface area contributed by atoms with Crippen molar-refractivity contribution in [3.05, 3.63) is 47.1 Å². The van der Waals surface area contributed by atoms with E-state index in [1.54, 1.807) is 17.5 Å². The number of benzene rings is 1. The van der Waals surface area contributed by atoms with Crippen molar-refractivity contribution >= 4 is 33.2 Å². The number of fused-ring (bicyclic) bond motifs is 1. The minimum atomic E-state index is 0.242. The first-order valence-corrected chi connectivity index (χ1v) is 12.4. The molecule has 2 aromatic heterocycles. The molecule has 0 amide bonds. The summed E-state index contributed by atoms with van der Waals surface area (Å²) < 4.78 is 0. The maximum Gasteiger partial charge on any atom is 0.186 e. The molecule has 3 heterocycles. The molecule has 1 saturated heterocycles. The average molecular weight is 439 g/mol. The van der Waals surface area contributed by atoms with Gasteiger partial charge in [0, 0.05) is 49.2 Å². The number of piperazine rings is 1. The Labute approximate surface area is 189 Å². The van der Waals surface area contributed by atoms with Crippen LogP contribution in [0, 0.1) is 5.92 Å². The van der Waals surface area contributed by atoms with Crippen LogP contribution in [0.4, 0.5) is 5.13 Å². The quantitative estimate of drug-likeness (QED) is 0.455. The summed E-state index contributed by atoms with van der Waals surface area (Å²) in [6.07, 6.45) is 8.86. The van der Waals surface area contributed by atoms with E-state index in [1.807, 2.05) is 0 Å². The highest BCUT2D eigenvalue weighted by Crippen LogP contribution is 2.29. The highest BCUT2D eigenvalue weighted by Gasteiger charge is 2.24. The van der Waals surface area contributed by atoms with Crippen LogP contribution in [0.2, 0.25) is 0 Å². The topological polar surface area (TPSA) is 52.2 Å². The zero-order valence-corrected chi connectivity index (χ0v) is 19.8. The van der Waals surface area contributed by atoms with Gasteiger partial charge in [-0.25, -0.2) is 4.98 Å². The molecule has 1 aliphatic heterocycles. The van der Waals surface area contributed by atoms with Gasteiger partial charge in [0.05, 0.1) is 11.1 Å². The highest BCUT2D eigenvalue weighted by atomic mass is 32.1. The molecule has 31 heavy (non-hydrogen) atoms. The fraction of sp³-hybridized carbons (Fsp3) is 0.520.